The molecule has 0 atom stereocenters. The molecule has 0 bridgehead atoms. The van der Waals surface area contributed by atoms with Crippen LogP contribution in [-0.4, -0.2) is 0 Å². The van der Waals surface area contributed by atoms with E-state index in [9.17, 15) is 0 Å². The Balaban J connectivity index is 1.33. The zero-order valence-corrected chi connectivity index (χ0v) is 20.8. The van der Waals surface area contributed by atoms with Crippen LogP contribution >= 0.6 is 0 Å². The van der Waals surface area contributed by atoms with E-state index in [1.165, 1.54) is 116 Å². The summed E-state index contributed by atoms with van der Waals surface area (Å²) in [4.78, 5) is 0. The Morgan fingerprint density at radius 1 is 0.742 bits per heavy atom. The summed E-state index contributed by atoms with van der Waals surface area (Å²) in [6, 6.07) is 9.61. The van der Waals surface area contributed by atoms with Gasteiger partial charge < -0.3 is 0 Å². The van der Waals surface area contributed by atoms with Gasteiger partial charge in [-0.2, -0.15) is 0 Å². The standard InChI is InChI=1S/C31H50/c1-3-21-31(22-8-5-9-23-31)24-20-28-10-6-7-11-30(28)29-18-16-27(17-19-29)26-14-12-25(4-2)13-15-26/h6-7,10-11,25-27,29H,3-5,8-9,12-24H2,1-2H3. The maximum Gasteiger partial charge on any atom is -0.0159 e. The monoisotopic (exact) mass is 422 g/mol. The molecule has 0 nitrogen and oxygen atoms in total. The highest BCUT2D eigenvalue weighted by molar-refractivity contribution is 5.31. The smallest absolute Gasteiger partial charge is 0.0159 e. The molecule has 174 valence electrons. The van der Waals surface area contributed by atoms with E-state index in [0.29, 0.717) is 5.41 Å². The van der Waals surface area contributed by atoms with Gasteiger partial charge >= 0.3 is 0 Å². The van der Waals surface area contributed by atoms with Gasteiger partial charge in [0.1, 0.15) is 0 Å². The Hall–Kier alpha value is -0.780. The maximum absolute atomic E-state index is 2.50. The zero-order chi connectivity index (χ0) is 21.5. The van der Waals surface area contributed by atoms with Gasteiger partial charge in [-0.25, -0.2) is 0 Å². The van der Waals surface area contributed by atoms with Gasteiger partial charge in [0.05, 0.1) is 0 Å². The van der Waals surface area contributed by atoms with Gasteiger partial charge in [0.2, 0.25) is 0 Å². The van der Waals surface area contributed by atoms with Crippen LogP contribution in [0.15, 0.2) is 24.3 Å². The molecule has 31 heavy (non-hydrogen) atoms. The third kappa shape index (κ3) is 5.97. The lowest BCUT2D eigenvalue weighted by Crippen LogP contribution is -2.26. The third-order valence-corrected chi connectivity index (χ3v) is 10.0. The van der Waals surface area contributed by atoms with E-state index in [0.717, 1.165) is 23.7 Å². The molecule has 0 radical (unpaired) electrons. The molecule has 0 spiro atoms. The van der Waals surface area contributed by atoms with Crippen molar-refractivity contribution in [3.63, 3.8) is 0 Å². The van der Waals surface area contributed by atoms with E-state index in [4.69, 9.17) is 0 Å². The summed E-state index contributed by atoms with van der Waals surface area (Å²) in [6.45, 7) is 4.80. The predicted octanol–water partition coefficient (Wildman–Crippen LogP) is 9.86. The van der Waals surface area contributed by atoms with E-state index in [2.05, 4.69) is 38.1 Å². The van der Waals surface area contributed by atoms with Crippen LogP contribution < -0.4 is 0 Å². The second kappa shape index (κ2) is 11.4. The van der Waals surface area contributed by atoms with Crippen molar-refractivity contribution in [3.05, 3.63) is 35.4 Å². The first-order chi connectivity index (χ1) is 15.2. The third-order valence-electron chi connectivity index (χ3n) is 10.0. The summed E-state index contributed by atoms with van der Waals surface area (Å²) in [5, 5.41) is 0. The summed E-state index contributed by atoms with van der Waals surface area (Å²) in [7, 11) is 0. The average molecular weight is 423 g/mol. The predicted molar refractivity (Wildman–Crippen MR) is 136 cm³/mol. The molecule has 0 unspecified atom stereocenters. The van der Waals surface area contributed by atoms with E-state index < -0.39 is 0 Å². The highest BCUT2D eigenvalue weighted by Crippen LogP contribution is 2.47. The largest absolute Gasteiger partial charge is 0.0654 e. The number of rotatable bonds is 8. The van der Waals surface area contributed by atoms with Crippen LogP contribution in [0.2, 0.25) is 0 Å². The molecule has 0 aromatic heterocycles. The summed E-state index contributed by atoms with van der Waals surface area (Å²) in [6.07, 6.45) is 26.4. The molecular formula is C31H50. The van der Waals surface area contributed by atoms with E-state index in [1.54, 1.807) is 11.1 Å². The fraction of sp³-hybridized carbons (Fsp3) is 0.806. The lowest BCUT2D eigenvalue weighted by Gasteiger charge is -2.39. The molecule has 3 aliphatic carbocycles. The van der Waals surface area contributed by atoms with E-state index in [1.807, 2.05) is 0 Å². The summed E-state index contributed by atoms with van der Waals surface area (Å²) < 4.78 is 0. The van der Waals surface area contributed by atoms with Crippen molar-refractivity contribution >= 4 is 0 Å². The molecule has 0 heterocycles. The minimum absolute atomic E-state index is 0.662. The molecule has 3 aliphatic rings. The highest BCUT2D eigenvalue weighted by Gasteiger charge is 2.33. The number of hydrogen-bond acceptors (Lipinski definition) is 0. The van der Waals surface area contributed by atoms with E-state index in [-0.39, 0.29) is 0 Å². The Kier molecular flexibility index (Phi) is 8.58. The Bertz CT molecular complexity index is 630. The first-order valence-electron chi connectivity index (χ1n) is 14.3. The summed E-state index contributed by atoms with van der Waals surface area (Å²) in [5.74, 6) is 3.98. The molecule has 3 saturated carbocycles. The van der Waals surface area contributed by atoms with Crippen LogP contribution in [0.1, 0.15) is 140 Å². The van der Waals surface area contributed by atoms with Crippen molar-refractivity contribution in [2.24, 2.45) is 23.2 Å². The first-order valence-corrected chi connectivity index (χ1v) is 14.3. The number of hydrogen-bond donors (Lipinski definition) is 0. The van der Waals surface area contributed by atoms with Crippen molar-refractivity contribution in [1.82, 2.24) is 0 Å². The van der Waals surface area contributed by atoms with Crippen molar-refractivity contribution in [2.75, 3.05) is 0 Å². The van der Waals surface area contributed by atoms with Crippen molar-refractivity contribution < 1.29 is 0 Å². The molecule has 4 rings (SSSR count). The average Bonchev–Trinajstić information content (AvgIpc) is 2.84. The van der Waals surface area contributed by atoms with Gasteiger partial charge in [0.25, 0.3) is 0 Å². The second-order valence-corrected chi connectivity index (χ2v) is 11.8. The molecule has 0 aliphatic heterocycles. The van der Waals surface area contributed by atoms with Crippen LogP contribution in [0.25, 0.3) is 0 Å². The van der Waals surface area contributed by atoms with Gasteiger partial charge in [0.15, 0.2) is 0 Å². The van der Waals surface area contributed by atoms with Crippen LogP contribution in [-0.2, 0) is 6.42 Å². The minimum atomic E-state index is 0.662. The van der Waals surface area contributed by atoms with Gasteiger partial charge in [0, 0.05) is 0 Å². The fourth-order valence-electron chi connectivity index (χ4n) is 7.99. The molecule has 0 heteroatoms. The van der Waals surface area contributed by atoms with Crippen molar-refractivity contribution in [3.8, 4) is 0 Å². The van der Waals surface area contributed by atoms with Crippen LogP contribution in [0.4, 0.5) is 0 Å². The Morgan fingerprint density at radius 3 is 2.03 bits per heavy atom. The lowest BCUT2D eigenvalue weighted by atomic mass is 9.66. The molecular weight excluding hydrogens is 372 g/mol. The molecule has 1 aromatic rings. The lowest BCUT2D eigenvalue weighted by molar-refractivity contribution is 0.154. The van der Waals surface area contributed by atoms with Gasteiger partial charge in [-0.05, 0) is 111 Å². The SMILES string of the molecule is CCCC1(CCc2ccccc2C2CCC(C3CCC(CC)CC3)CC2)CCCCC1. The van der Waals surface area contributed by atoms with E-state index >= 15 is 0 Å². The van der Waals surface area contributed by atoms with Crippen LogP contribution in [0.5, 0.6) is 0 Å². The second-order valence-electron chi connectivity index (χ2n) is 11.8. The van der Waals surface area contributed by atoms with Crippen LogP contribution in [0.3, 0.4) is 0 Å². The Labute approximate surface area is 194 Å². The molecule has 0 N–H and O–H groups in total. The van der Waals surface area contributed by atoms with Gasteiger partial charge in [-0.3, -0.25) is 0 Å². The highest BCUT2D eigenvalue weighted by atomic mass is 14.4. The molecule has 1 aromatic carbocycles. The van der Waals surface area contributed by atoms with Crippen molar-refractivity contribution in [1.29, 1.82) is 0 Å². The topological polar surface area (TPSA) is 0 Å². The maximum atomic E-state index is 2.50. The number of benzene rings is 1. The zero-order valence-electron chi connectivity index (χ0n) is 20.8. The van der Waals surface area contributed by atoms with Crippen molar-refractivity contribution in [2.45, 2.75) is 135 Å². The normalized spacial score (nSPS) is 31.4. The number of aryl methyl sites for hydroxylation is 1. The van der Waals surface area contributed by atoms with Gasteiger partial charge in [-0.1, -0.05) is 83.1 Å². The summed E-state index contributed by atoms with van der Waals surface area (Å²) >= 11 is 0. The van der Waals surface area contributed by atoms with Crippen LogP contribution in [0, 0.1) is 23.2 Å². The molecule has 0 saturated heterocycles. The quantitative estimate of drug-likeness (QED) is 0.391. The Morgan fingerprint density at radius 2 is 1.39 bits per heavy atom. The molecule has 3 fully saturated rings. The summed E-state index contributed by atoms with van der Waals surface area (Å²) in [5.41, 5.74) is 4.10. The minimum Gasteiger partial charge on any atom is -0.0654 e. The first kappa shape index (κ1) is 23.4. The molecule has 0 amide bonds. The fourth-order valence-corrected chi connectivity index (χ4v) is 7.99. The van der Waals surface area contributed by atoms with Gasteiger partial charge in [-0.15, -0.1) is 0 Å².